The number of aromatic nitrogens is 3. The van der Waals surface area contributed by atoms with Gasteiger partial charge in [0.1, 0.15) is 6.33 Å². The highest BCUT2D eigenvalue weighted by molar-refractivity contribution is 5.89. The van der Waals surface area contributed by atoms with E-state index in [4.69, 9.17) is 0 Å². The van der Waals surface area contributed by atoms with E-state index in [1.807, 2.05) is 24.3 Å². The summed E-state index contributed by atoms with van der Waals surface area (Å²) in [5, 5.41) is 5.92. The molecule has 1 fully saturated rings. The van der Waals surface area contributed by atoms with Crippen molar-refractivity contribution in [2.75, 3.05) is 28.6 Å². The van der Waals surface area contributed by atoms with Gasteiger partial charge in [-0.2, -0.15) is 4.98 Å². The second-order valence-corrected chi connectivity index (χ2v) is 6.17. The van der Waals surface area contributed by atoms with Crippen LogP contribution < -0.4 is 15.5 Å². The van der Waals surface area contributed by atoms with Crippen LogP contribution in [0, 0.1) is 5.92 Å². The fourth-order valence-electron chi connectivity index (χ4n) is 2.72. The number of nitrogens with zero attached hydrogens (tertiary/aromatic N) is 4. The molecule has 1 saturated heterocycles. The fourth-order valence-corrected chi connectivity index (χ4v) is 2.72. The Balaban J connectivity index is 1.71. The molecule has 2 heterocycles. The Morgan fingerprint density at radius 1 is 1.21 bits per heavy atom. The number of nitrogens with one attached hydrogen (secondary N) is 2. The van der Waals surface area contributed by atoms with E-state index in [1.54, 1.807) is 0 Å². The summed E-state index contributed by atoms with van der Waals surface area (Å²) in [5.74, 6) is 1.86. The van der Waals surface area contributed by atoms with Gasteiger partial charge in [0.15, 0.2) is 0 Å². The van der Waals surface area contributed by atoms with Crippen molar-refractivity contribution in [1.82, 2.24) is 15.0 Å². The number of piperidine rings is 1. The first-order valence-electron chi connectivity index (χ1n) is 8.19. The van der Waals surface area contributed by atoms with E-state index in [-0.39, 0.29) is 5.91 Å². The molecule has 0 spiro atoms. The molecule has 1 aliphatic rings. The average molecular weight is 326 g/mol. The van der Waals surface area contributed by atoms with Crippen LogP contribution in [0.1, 0.15) is 26.7 Å². The second kappa shape index (κ2) is 7.25. The molecule has 0 aliphatic carbocycles. The maximum Gasteiger partial charge on any atom is 0.231 e. The van der Waals surface area contributed by atoms with Crippen molar-refractivity contribution >= 4 is 29.2 Å². The summed E-state index contributed by atoms with van der Waals surface area (Å²) in [6.45, 7) is 5.71. The summed E-state index contributed by atoms with van der Waals surface area (Å²) in [6, 6.07) is 7.44. The SMILES string of the molecule is CC(=O)Nc1cccc(Nc2ncnc(N3CCC(C)CC3)n2)c1. The number of anilines is 4. The molecule has 3 rings (SSSR count). The van der Waals surface area contributed by atoms with Crippen molar-refractivity contribution in [3.63, 3.8) is 0 Å². The van der Waals surface area contributed by atoms with E-state index < -0.39 is 0 Å². The zero-order valence-corrected chi connectivity index (χ0v) is 14.0. The third kappa shape index (κ3) is 4.18. The van der Waals surface area contributed by atoms with Gasteiger partial charge in [0.05, 0.1) is 0 Å². The Labute approximate surface area is 141 Å². The molecular formula is C17H22N6O. The Kier molecular flexibility index (Phi) is 4.88. The van der Waals surface area contributed by atoms with E-state index in [9.17, 15) is 4.79 Å². The first-order chi connectivity index (χ1) is 11.6. The Hall–Kier alpha value is -2.70. The molecule has 1 aliphatic heterocycles. The van der Waals surface area contributed by atoms with Gasteiger partial charge in [-0.3, -0.25) is 4.79 Å². The lowest BCUT2D eigenvalue weighted by molar-refractivity contribution is -0.114. The summed E-state index contributed by atoms with van der Waals surface area (Å²) in [4.78, 5) is 26.3. The highest BCUT2D eigenvalue weighted by Gasteiger charge is 2.18. The fraction of sp³-hybridized carbons (Fsp3) is 0.412. The molecule has 24 heavy (non-hydrogen) atoms. The topological polar surface area (TPSA) is 83.0 Å². The number of hydrogen-bond acceptors (Lipinski definition) is 6. The van der Waals surface area contributed by atoms with Gasteiger partial charge in [0.25, 0.3) is 0 Å². The molecule has 7 heteroatoms. The van der Waals surface area contributed by atoms with E-state index in [1.165, 1.54) is 13.3 Å². The summed E-state index contributed by atoms with van der Waals surface area (Å²) in [7, 11) is 0. The minimum atomic E-state index is -0.103. The van der Waals surface area contributed by atoms with E-state index in [2.05, 4.69) is 37.4 Å². The van der Waals surface area contributed by atoms with Gasteiger partial charge in [-0.05, 0) is 37.0 Å². The van der Waals surface area contributed by atoms with Gasteiger partial charge in [-0.25, -0.2) is 9.97 Å². The van der Waals surface area contributed by atoms with Crippen molar-refractivity contribution in [3.05, 3.63) is 30.6 Å². The third-order valence-corrected chi connectivity index (χ3v) is 4.06. The summed E-state index contributed by atoms with van der Waals surface area (Å²) in [6.07, 6.45) is 3.85. The molecule has 1 aromatic heterocycles. The highest BCUT2D eigenvalue weighted by Crippen LogP contribution is 2.22. The molecule has 7 nitrogen and oxygen atoms in total. The number of amides is 1. The molecule has 1 amide bonds. The maximum absolute atomic E-state index is 11.2. The van der Waals surface area contributed by atoms with Gasteiger partial charge < -0.3 is 15.5 Å². The number of rotatable bonds is 4. The van der Waals surface area contributed by atoms with Crippen LogP contribution in [0.15, 0.2) is 30.6 Å². The van der Waals surface area contributed by atoms with Crippen LogP contribution >= 0.6 is 0 Å². The lowest BCUT2D eigenvalue weighted by Gasteiger charge is -2.30. The Bertz CT molecular complexity index is 712. The van der Waals surface area contributed by atoms with Gasteiger partial charge in [-0.15, -0.1) is 0 Å². The van der Waals surface area contributed by atoms with E-state index in [0.717, 1.165) is 43.2 Å². The van der Waals surface area contributed by atoms with Gasteiger partial charge >= 0.3 is 0 Å². The van der Waals surface area contributed by atoms with Crippen LogP contribution in [0.4, 0.5) is 23.3 Å². The van der Waals surface area contributed by atoms with Crippen LogP contribution in [0.5, 0.6) is 0 Å². The normalized spacial score (nSPS) is 15.2. The molecule has 1 aromatic carbocycles. The first-order valence-corrected chi connectivity index (χ1v) is 8.19. The molecule has 2 N–H and O–H groups in total. The lowest BCUT2D eigenvalue weighted by atomic mass is 10.00. The van der Waals surface area contributed by atoms with Crippen molar-refractivity contribution in [1.29, 1.82) is 0 Å². The van der Waals surface area contributed by atoms with Crippen LogP contribution in [-0.4, -0.2) is 33.9 Å². The predicted octanol–water partition coefficient (Wildman–Crippen LogP) is 2.81. The van der Waals surface area contributed by atoms with Crippen LogP contribution in [0.25, 0.3) is 0 Å². The van der Waals surface area contributed by atoms with Crippen molar-refractivity contribution < 1.29 is 4.79 Å². The molecule has 0 atom stereocenters. The smallest absolute Gasteiger partial charge is 0.231 e. The Morgan fingerprint density at radius 3 is 2.71 bits per heavy atom. The monoisotopic (exact) mass is 326 g/mol. The minimum Gasteiger partial charge on any atom is -0.341 e. The quantitative estimate of drug-likeness (QED) is 0.899. The summed E-state index contributed by atoms with van der Waals surface area (Å²) >= 11 is 0. The van der Waals surface area contributed by atoms with Crippen LogP contribution in [0.2, 0.25) is 0 Å². The Morgan fingerprint density at radius 2 is 1.96 bits per heavy atom. The zero-order chi connectivity index (χ0) is 16.9. The number of benzene rings is 1. The number of hydrogen-bond donors (Lipinski definition) is 2. The zero-order valence-electron chi connectivity index (χ0n) is 14.0. The average Bonchev–Trinajstić information content (AvgIpc) is 2.55. The largest absolute Gasteiger partial charge is 0.341 e. The number of carbonyl (C=O) groups is 1. The van der Waals surface area contributed by atoms with Crippen LogP contribution in [-0.2, 0) is 4.79 Å². The molecule has 0 unspecified atom stereocenters. The second-order valence-electron chi connectivity index (χ2n) is 6.17. The van der Waals surface area contributed by atoms with Gasteiger partial charge in [-0.1, -0.05) is 13.0 Å². The van der Waals surface area contributed by atoms with Crippen molar-refractivity contribution in [3.8, 4) is 0 Å². The van der Waals surface area contributed by atoms with E-state index >= 15 is 0 Å². The molecule has 2 aromatic rings. The lowest BCUT2D eigenvalue weighted by Crippen LogP contribution is -2.34. The van der Waals surface area contributed by atoms with Crippen LogP contribution in [0.3, 0.4) is 0 Å². The third-order valence-electron chi connectivity index (χ3n) is 4.06. The molecule has 0 saturated carbocycles. The van der Waals surface area contributed by atoms with Gasteiger partial charge in [0.2, 0.25) is 17.8 Å². The standard InChI is InChI=1S/C17H22N6O/c1-12-6-8-23(9-7-12)17-19-11-18-16(22-17)21-15-5-3-4-14(10-15)20-13(2)24/h3-5,10-12H,6-9H2,1-2H3,(H,20,24)(H,18,19,21,22). The highest BCUT2D eigenvalue weighted by atomic mass is 16.1. The van der Waals surface area contributed by atoms with Gasteiger partial charge in [0, 0.05) is 31.4 Å². The molecular weight excluding hydrogens is 304 g/mol. The molecule has 0 bridgehead atoms. The molecule has 126 valence electrons. The maximum atomic E-state index is 11.2. The molecule has 0 radical (unpaired) electrons. The minimum absolute atomic E-state index is 0.103. The van der Waals surface area contributed by atoms with Crippen molar-refractivity contribution in [2.24, 2.45) is 5.92 Å². The predicted molar refractivity (Wildman–Crippen MR) is 94.5 cm³/mol. The van der Waals surface area contributed by atoms with E-state index in [0.29, 0.717) is 11.9 Å². The van der Waals surface area contributed by atoms with Crippen molar-refractivity contribution in [2.45, 2.75) is 26.7 Å². The summed E-state index contributed by atoms with van der Waals surface area (Å²) < 4.78 is 0. The first kappa shape index (κ1) is 16.2. The summed E-state index contributed by atoms with van der Waals surface area (Å²) in [5.41, 5.74) is 1.54. The number of carbonyl (C=O) groups excluding carboxylic acids is 1.